The third-order valence-corrected chi connectivity index (χ3v) is 5.68. The minimum absolute atomic E-state index is 0.104. The van der Waals surface area contributed by atoms with Crippen LogP contribution >= 0.6 is 11.3 Å². The molecule has 5 nitrogen and oxygen atoms in total. The van der Waals surface area contributed by atoms with Crippen molar-refractivity contribution in [3.63, 3.8) is 0 Å². The predicted octanol–water partition coefficient (Wildman–Crippen LogP) is 4.40. The molecule has 0 spiro atoms. The van der Waals surface area contributed by atoms with Crippen molar-refractivity contribution in [1.82, 2.24) is 4.98 Å². The van der Waals surface area contributed by atoms with E-state index in [0.29, 0.717) is 27.4 Å². The maximum Gasteiger partial charge on any atom is 0.349 e. The van der Waals surface area contributed by atoms with Crippen molar-refractivity contribution in [3.8, 4) is 0 Å². The lowest BCUT2D eigenvalue weighted by atomic mass is 10.1. The number of aryl methyl sites for hydroxylation is 2. The van der Waals surface area contributed by atoms with Crippen LogP contribution in [0, 0.1) is 20.8 Å². The standard InChI is InChI=1S/C20H19NO4S/c1-10-14-7-5-6-8-16(14)26-19(10)20(24)25-9-15(23)18-11(2)17(13(4)22)12(3)21-18/h5-8,21H,9H2,1-4H3. The van der Waals surface area contributed by atoms with Crippen molar-refractivity contribution in [2.75, 3.05) is 6.61 Å². The number of ether oxygens (including phenoxy) is 1. The number of Topliss-reactive ketones (excluding diaryl/α,β-unsaturated/α-hetero) is 2. The van der Waals surface area contributed by atoms with Crippen molar-refractivity contribution < 1.29 is 19.1 Å². The maximum absolute atomic E-state index is 12.4. The molecule has 0 saturated heterocycles. The first-order chi connectivity index (χ1) is 12.3. The molecular formula is C20H19NO4S. The number of carbonyl (C=O) groups excluding carboxylic acids is 3. The fourth-order valence-corrected chi connectivity index (χ4v) is 4.30. The van der Waals surface area contributed by atoms with Crippen LogP contribution in [0.1, 0.15) is 54.3 Å². The monoisotopic (exact) mass is 369 g/mol. The van der Waals surface area contributed by atoms with Crippen LogP contribution in [0.5, 0.6) is 0 Å². The molecule has 0 bridgehead atoms. The average molecular weight is 369 g/mol. The fraction of sp³-hybridized carbons (Fsp3) is 0.250. The van der Waals surface area contributed by atoms with E-state index in [1.54, 1.807) is 13.8 Å². The Kier molecular flexibility index (Phi) is 4.78. The highest BCUT2D eigenvalue weighted by Crippen LogP contribution is 2.31. The summed E-state index contributed by atoms with van der Waals surface area (Å²) in [5.74, 6) is -0.969. The van der Waals surface area contributed by atoms with Gasteiger partial charge < -0.3 is 9.72 Å². The van der Waals surface area contributed by atoms with Crippen LogP contribution in [-0.2, 0) is 4.74 Å². The van der Waals surface area contributed by atoms with Crippen molar-refractivity contribution in [1.29, 1.82) is 0 Å². The van der Waals surface area contributed by atoms with Crippen molar-refractivity contribution in [2.45, 2.75) is 27.7 Å². The number of aromatic nitrogens is 1. The quantitative estimate of drug-likeness (QED) is 0.534. The first-order valence-corrected chi connectivity index (χ1v) is 9.01. The molecule has 2 heterocycles. The number of ketones is 2. The summed E-state index contributed by atoms with van der Waals surface area (Å²) in [6.45, 7) is 6.42. The normalized spacial score (nSPS) is 10.9. The molecule has 6 heteroatoms. The van der Waals surface area contributed by atoms with Gasteiger partial charge in [0.15, 0.2) is 12.4 Å². The average Bonchev–Trinajstić information content (AvgIpc) is 3.09. The molecule has 0 aliphatic rings. The second-order valence-corrected chi connectivity index (χ2v) is 7.29. The molecule has 134 valence electrons. The van der Waals surface area contributed by atoms with Crippen LogP contribution in [-0.4, -0.2) is 29.1 Å². The Morgan fingerprint density at radius 3 is 2.38 bits per heavy atom. The molecule has 1 aromatic carbocycles. The number of esters is 1. The third kappa shape index (κ3) is 3.08. The van der Waals surface area contributed by atoms with Gasteiger partial charge >= 0.3 is 5.97 Å². The highest BCUT2D eigenvalue weighted by atomic mass is 32.1. The molecule has 0 atom stereocenters. The lowest BCUT2D eigenvalue weighted by molar-refractivity contribution is 0.0477. The highest BCUT2D eigenvalue weighted by Gasteiger charge is 2.22. The zero-order valence-corrected chi connectivity index (χ0v) is 15.9. The van der Waals surface area contributed by atoms with E-state index < -0.39 is 5.97 Å². The SMILES string of the molecule is CC(=O)c1c(C)[nH]c(C(=O)COC(=O)c2sc3ccccc3c2C)c1C. The molecule has 26 heavy (non-hydrogen) atoms. The molecule has 0 fully saturated rings. The summed E-state index contributed by atoms with van der Waals surface area (Å²) < 4.78 is 6.24. The van der Waals surface area contributed by atoms with Gasteiger partial charge in [-0.05, 0) is 50.3 Å². The predicted molar refractivity (Wildman–Crippen MR) is 101 cm³/mol. The van der Waals surface area contributed by atoms with E-state index in [0.717, 1.165) is 15.6 Å². The number of rotatable bonds is 5. The van der Waals surface area contributed by atoms with Crippen LogP contribution in [0.2, 0.25) is 0 Å². The Labute approximate surface area is 155 Å². The number of thiophene rings is 1. The van der Waals surface area contributed by atoms with Crippen LogP contribution in [0.25, 0.3) is 10.1 Å². The molecule has 3 aromatic rings. The van der Waals surface area contributed by atoms with E-state index >= 15 is 0 Å². The highest BCUT2D eigenvalue weighted by molar-refractivity contribution is 7.21. The number of benzene rings is 1. The number of aromatic amines is 1. The van der Waals surface area contributed by atoms with Gasteiger partial charge in [-0.2, -0.15) is 0 Å². The molecule has 0 aliphatic carbocycles. The van der Waals surface area contributed by atoms with Gasteiger partial charge in [0.2, 0.25) is 5.78 Å². The van der Waals surface area contributed by atoms with Gasteiger partial charge in [-0.25, -0.2) is 4.79 Å². The fourth-order valence-electron chi connectivity index (χ4n) is 3.19. The molecule has 2 aromatic heterocycles. The largest absolute Gasteiger partial charge is 0.453 e. The Morgan fingerprint density at radius 1 is 1.08 bits per heavy atom. The molecule has 0 unspecified atom stereocenters. The maximum atomic E-state index is 12.4. The summed E-state index contributed by atoms with van der Waals surface area (Å²) in [6, 6.07) is 7.74. The van der Waals surface area contributed by atoms with E-state index in [4.69, 9.17) is 4.74 Å². The second kappa shape index (κ2) is 6.88. The summed E-state index contributed by atoms with van der Waals surface area (Å²) in [5.41, 5.74) is 2.92. The zero-order chi connectivity index (χ0) is 19.0. The van der Waals surface area contributed by atoms with Gasteiger partial charge in [0.25, 0.3) is 0 Å². The van der Waals surface area contributed by atoms with Gasteiger partial charge in [-0.15, -0.1) is 11.3 Å². The van der Waals surface area contributed by atoms with Crippen molar-refractivity contribution >= 4 is 39.0 Å². The second-order valence-electron chi connectivity index (χ2n) is 6.23. The Bertz CT molecular complexity index is 1040. The van der Waals surface area contributed by atoms with Crippen molar-refractivity contribution in [3.05, 3.63) is 57.2 Å². The smallest absolute Gasteiger partial charge is 0.349 e. The summed E-state index contributed by atoms with van der Waals surface area (Å²) in [7, 11) is 0. The number of nitrogens with one attached hydrogen (secondary N) is 1. The van der Waals surface area contributed by atoms with Gasteiger partial charge in [0.1, 0.15) is 4.88 Å². The Morgan fingerprint density at radius 2 is 1.77 bits per heavy atom. The minimum atomic E-state index is -0.509. The number of hydrogen-bond donors (Lipinski definition) is 1. The third-order valence-electron chi connectivity index (χ3n) is 4.43. The molecule has 3 rings (SSSR count). The van der Waals surface area contributed by atoms with E-state index in [1.807, 2.05) is 31.2 Å². The van der Waals surface area contributed by atoms with Gasteiger partial charge in [0, 0.05) is 16.0 Å². The molecule has 0 amide bonds. The molecule has 0 radical (unpaired) electrons. The van der Waals surface area contributed by atoms with Crippen LogP contribution in [0.3, 0.4) is 0 Å². The Balaban J connectivity index is 1.77. The van der Waals surface area contributed by atoms with E-state index in [1.165, 1.54) is 18.3 Å². The van der Waals surface area contributed by atoms with Crippen LogP contribution < -0.4 is 0 Å². The molecule has 0 saturated carbocycles. The minimum Gasteiger partial charge on any atom is -0.453 e. The summed E-state index contributed by atoms with van der Waals surface area (Å²) >= 11 is 1.35. The summed E-state index contributed by atoms with van der Waals surface area (Å²) in [5, 5.41) is 1.01. The number of fused-ring (bicyclic) bond motifs is 1. The Hall–Kier alpha value is -2.73. The summed E-state index contributed by atoms with van der Waals surface area (Å²) in [4.78, 5) is 40.0. The number of H-pyrrole nitrogens is 1. The molecular weight excluding hydrogens is 350 g/mol. The van der Waals surface area contributed by atoms with Crippen LogP contribution in [0.15, 0.2) is 24.3 Å². The first-order valence-electron chi connectivity index (χ1n) is 8.19. The first kappa shape index (κ1) is 18.1. The van der Waals surface area contributed by atoms with Gasteiger partial charge in [-0.1, -0.05) is 18.2 Å². The van der Waals surface area contributed by atoms with Gasteiger partial charge in [0.05, 0.1) is 5.69 Å². The van der Waals surface area contributed by atoms with Crippen LogP contribution in [0.4, 0.5) is 0 Å². The summed E-state index contributed by atoms with van der Waals surface area (Å²) in [6.07, 6.45) is 0. The molecule has 0 aliphatic heterocycles. The van der Waals surface area contributed by atoms with Gasteiger partial charge in [-0.3, -0.25) is 9.59 Å². The molecule has 1 N–H and O–H groups in total. The topological polar surface area (TPSA) is 76.2 Å². The lowest BCUT2D eigenvalue weighted by Crippen LogP contribution is -2.15. The lowest BCUT2D eigenvalue weighted by Gasteiger charge is -2.04. The number of carbonyl (C=O) groups is 3. The van der Waals surface area contributed by atoms with E-state index in [-0.39, 0.29) is 18.2 Å². The van der Waals surface area contributed by atoms with E-state index in [9.17, 15) is 14.4 Å². The number of hydrogen-bond acceptors (Lipinski definition) is 5. The van der Waals surface area contributed by atoms with E-state index in [2.05, 4.69) is 4.98 Å². The van der Waals surface area contributed by atoms with Crippen molar-refractivity contribution in [2.24, 2.45) is 0 Å². The zero-order valence-electron chi connectivity index (χ0n) is 15.1.